The zero-order chi connectivity index (χ0) is 14.3. The van der Waals surface area contributed by atoms with Crippen molar-refractivity contribution in [1.82, 2.24) is 4.90 Å². The third-order valence-electron chi connectivity index (χ3n) is 2.36. The summed E-state index contributed by atoms with van der Waals surface area (Å²) in [4.78, 5) is 13.6. The maximum Gasteiger partial charge on any atom is 0.242 e. The van der Waals surface area contributed by atoms with Gasteiger partial charge in [0, 0.05) is 28.8 Å². The summed E-state index contributed by atoms with van der Waals surface area (Å²) in [6.07, 6.45) is 3.36. The van der Waals surface area contributed by atoms with E-state index in [9.17, 15) is 4.79 Å². The molecule has 0 aliphatic rings. The van der Waals surface area contributed by atoms with E-state index in [2.05, 4.69) is 18.5 Å². The molecule has 1 aromatic carbocycles. The van der Waals surface area contributed by atoms with Gasteiger partial charge in [0.15, 0.2) is 0 Å². The third kappa shape index (κ3) is 5.37. The largest absolute Gasteiger partial charge is 0.376 e. The normalized spacial score (nSPS) is 9.79. The lowest BCUT2D eigenvalue weighted by atomic mass is 10.3. The Balaban J connectivity index is 2.61. The maximum atomic E-state index is 12.0. The van der Waals surface area contributed by atoms with Gasteiger partial charge < -0.3 is 10.2 Å². The van der Waals surface area contributed by atoms with Crippen LogP contribution in [-0.4, -0.2) is 30.4 Å². The minimum Gasteiger partial charge on any atom is -0.376 e. The predicted molar refractivity (Wildman–Crippen MR) is 81.9 cm³/mol. The number of nitrogens with one attached hydrogen (secondary N) is 1. The van der Waals surface area contributed by atoms with Crippen molar-refractivity contribution in [3.63, 3.8) is 0 Å². The van der Waals surface area contributed by atoms with E-state index in [1.54, 1.807) is 35.3 Å². The van der Waals surface area contributed by atoms with Crippen LogP contribution < -0.4 is 5.32 Å². The van der Waals surface area contributed by atoms with E-state index in [1.165, 1.54) is 0 Å². The molecule has 102 valence electrons. The maximum absolute atomic E-state index is 12.0. The standard InChI is InChI=1S/C14H16Cl2N2O/c1-3-5-18(6-4-2)14(19)10-17-13-8-11(15)7-12(16)9-13/h3-4,7-9,17H,1-2,5-6,10H2. The molecule has 0 atom stereocenters. The summed E-state index contributed by atoms with van der Waals surface area (Å²) < 4.78 is 0. The number of benzene rings is 1. The van der Waals surface area contributed by atoms with Gasteiger partial charge in [-0.25, -0.2) is 0 Å². The molecule has 1 aromatic rings. The molecule has 1 rings (SSSR count). The van der Waals surface area contributed by atoms with E-state index in [-0.39, 0.29) is 12.5 Å². The van der Waals surface area contributed by atoms with Crippen molar-refractivity contribution in [2.45, 2.75) is 0 Å². The molecular weight excluding hydrogens is 283 g/mol. The monoisotopic (exact) mass is 298 g/mol. The number of anilines is 1. The second-order valence-electron chi connectivity index (χ2n) is 3.89. The Morgan fingerprint density at radius 2 is 1.68 bits per heavy atom. The average molecular weight is 299 g/mol. The second-order valence-corrected chi connectivity index (χ2v) is 4.76. The number of amides is 1. The summed E-state index contributed by atoms with van der Waals surface area (Å²) in [5, 5.41) is 4.04. The first-order chi connectivity index (χ1) is 9.06. The zero-order valence-electron chi connectivity index (χ0n) is 10.5. The number of rotatable bonds is 7. The van der Waals surface area contributed by atoms with Crippen LogP contribution in [0.25, 0.3) is 0 Å². The molecule has 0 saturated carbocycles. The Labute approximate surface area is 123 Å². The second kappa shape index (κ2) is 7.87. The zero-order valence-corrected chi connectivity index (χ0v) is 12.0. The number of carbonyl (C=O) groups is 1. The van der Waals surface area contributed by atoms with Gasteiger partial charge in [0.1, 0.15) is 0 Å². The van der Waals surface area contributed by atoms with Crippen LogP contribution in [0.1, 0.15) is 0 Å². The van der Waals surface area contributed by atoms with Crippen LogP contribution in [0.5, 0.6) is 0 Å². The Morgan fingerprint density at radius 3 is 2.16 bits per heavy atom. The molecule has 3 nitrogen and oxygen atoms in total. The van der Waals surface area contributed by atoms with E-state index in [0.717, 1.165) is 0 Å². The van der Waals surface area contributed by atoms with Gasteiger partial charge in [-0.1, -0.05) is 35.4 Å². The molecular formula is C14H16Cl2N2O. The van der Waals surface area contributed by atoms with E-state index >= 15 is 0 Å². The van der Waals surface area contributed by atoms with Crippen molar-refractivity contribution in [3.05, 3.63) is 53.6 Å². The van der Waals surface area contributed by atoms with Crippen molar-refractivity contribution >= 4 is 34.8 Å². The van der Waals surface area contributed by atoms with Crippen molar-refractivity contribution < 1.29 is 4.79 Å². The van der Waals surface area contributed by atoms with Crippen LogP contribution in [-0.2, 0) is 4.79 Å². The fraction of sp³-hybridized carbons (Fsp3) is 0.214. The molecule has 0 aliphatic heterocycles. The first-order valence-corrected chi connectivity index (χ1v) is 6.52. The highest BCUT2D eigenvalue weighted by atomic mass is 35.5. The lowest BCUT2D eigenvalue weighted by Gasteiger charge is -2.19. The number of hydrogen-bond acceptors (Lipinski definition) is 2. The highest BCUT2D eigenvalue weighted by Gasteiger charge is 2.10. The quantitative estimate of drug-likeness (QED) is 0.780. The number of halogens is 2. The summed E-state index contributed by atoms with van der Waals surface area (Å²) in [5.41, 5.74) is 0.711. The predicted octanol–water partition coefficient (Wildman–Crippen LogP) is 3.61. The van der Waals surface area contributed by atoms with Gasteiger partial charge in [-0.2, -0.15) is 0 Å². The topological polar surface area (TPSA) is 32.3 Å². The van der Waals surface area contributed by atoms with Crippen molar-refractivity contribution in [2.24, 2.45) is 0 Å². The lowest BCUT2D eigenvalue weighted by Crippen LogP contribution is -2.35. The summed E-state index contributed by atoms with van der Waals surface area (Å²) in [5.74, 6) is -0.0455. The van der Waals surface area contributed by atoms with Gasteiger partial charge in [-0.15, -0.1) is 13.2 Å². The molecule has 0 fully saturated rings. The molecule has 0 aliphatic carbocycles. The van der Waals surface area contributed by atoms with Gasteiger partial charge in [0.25, 0.3) is 0 Å². The molecule has 1 amide bonds. The fourth-order valence-corrected chi connectivity index (χ4v) is 2.06. The van der Waals surface area contributed by atoms with Crippen molar-refractivity contribution in [1.29, 1.82) is 0 Å². The fourth-order valence-electron chi connectivity index (χ4n) is 1.54. The molecule has 19 heavy (non-hydrogen) atoms. The number of carbonyl (C=O) groups excluding carboxylic acids is 1. The third-order valence-corrected chi connectivity index (χ3v) is 2.79. The van der Waals surface area contributed by atoms with Gasteiger partial charge in [0.05, 0.1) is 6.54 Å². The smallest absolute Gasteiger partial charge is 0.242 e. The summed E-state index contributed by atoms with van der Waals surface area (Å²) in [6.45, 7) is 8.39. The van der Waals surface area contributed by atoms with Gasteiger partial charge in [0.2, 0.25) is 5.91 Å². The van der Waals surface area contributed by atoms with E-state index < -0.39 is 0 Å². The molecule has 0 unspecified atom stereocenters. The van der Waals surface area contributed by atoms with Crippen LogP contribution >= 0.6 is 23.2 Å². The van der Waals surface area contributed by atoms with Gasteiger partial charge in [-0.3, -0.25) is 4.79 Å². The number of nitrogens with zero attached hydrogens (tertiary/aromatic N) is 1. The SMILES string of the molecule is C=CCN(CC=C)C(=O)CNc1cc(Cl)cc(Cl)c1. The van der Waals surface area contributed by atoms with Gasteiger partial charge >= 0.3 is 0 Å². The molecule has 0 bridgehead atoms. The van der Waals surface area contributed by atoms with E-state index in [1.807, 2.05) is 0 Å². The minimum absolute atomic E-state index is 0.0455. The first-order valence-electron chi connectivity index (χ1n) is 5.76. The van der Waals surface area contributed by atoms with E-state index in [0.29, 0.717) is 28.8 Å². The van der Waals surface area contributed by atoms with Crippen molar-refractivity contribution in [2.75, 3.05) is 25.0 Å². The Kier molecular flexibility index (Phi) is 6.46. The molecule has 1 N–H and O–H groups in total. The van der Waals surface area contributed by atoms with Crippen LogP contribution in [0.4, 0.5) is 5.69 Å². The lowest BCUT2D eigenvalue weighted by molar-refractivity contribution is -0.128. The van der Waals surface area contributed by atoms with Gasteiger partial charge in [-0.05, 0) is 18.2 Å². The Morgan fingerprint density at radius 1 is 1.16 bits per heavy atom. The summed E-state index contributed by atoms with van der Waals surface area (Å²) in [7, 11) is 0. The molecule has 0 saturated heterocycles. The van der Waals surface area contributed by atoms with Crippen LogP contribution in [0.15, 0.2) is 43.5 Å². The van der Waals surface area contributed by atoms with Crippen LogP contribution in [0.3, 0.4) is 0 Å². The molecule has 0 radical (unpaired) electrons. The van der Waals surface area contributed by atoms with Crippen molar-refractivity contribution in [3.8, 4) is 0 Å². The average Bonchev–Trinajstić information content (AvgIpc) is 2.34. The molecule has 0 aromatic heterocycles. The first kappa shape index (κ1) is 15.6. The summed E-state index contributed by atoms with van der Waals surface area (Å²) in [6, 6.07) is 5.07. The van der Waals surface area contributed by atoms with E-state index in [4.69, 9.17) is 23.2 Å². The molecule has 0 heterocycles. The highest BCUT2D eigenvalue weighted by molar-refractivity contribution is 6.35. The molecule has 0 spiro atoms. The Hall–Kier alpha value is -1.45. The highest BCUT2D eigenvalue weighted by Crippen LogP contribution is 2.22. The molecule has 5 heteroatoms. The van der Waals surface area contributed by atoms with Crippen LogP contribution in [0.2, 0.25) is 10.0 Å². The Bertz CT molecular complexity index is 444. The minimum atomic E-state index is -0.0455. The summed E-state index contributed by atoms with van der Waals surface area (Å²) >= 11 is 11.8. The number of hydrogen-bond donors (Lipinski definition) is 1. The van der Waals surface area contributed by atoms with Crippen LogP contribution in [0, 0.1) is 0 Å².